The van der Waals surface area contributed by atoms with Crippen molar-refractivity contribution in [3.63, 3.8) is 0 Å². The predicted octanol–water partition coefficient (Wildman–Crippen LogP) is 0.141. The van der Waals surface area contributed by atoms with Crippen LogP contribution in [-0.4, -0.2) is 97.6 Å². The van der Waals surface area contributed by atoms with Crippen LogP contribution in [0.4, 0.5) is 0 Å². The third-order valence-electron chi connectivity index (χ3n) is 3.93. The van der Waals surface area contributed by atoms with Crippen LogP contribution in [-0.2, 0) is 24.0 Å². The maximum absolute atomic E-state index is 11.0. The Bertz CT molecular complexity index is 476. The van der Waals surface area contributed by atoms with Crippen LogP contribution in [0.5, 0.6) is 0 Å². The first-order valence-electron chi connectivity index (χ1n) is 8.78. The zero-order chi connectivity index (χ0) is 18.5. The summed E-state index contributed by atoms with van der Waals surface area (Å²) in [5, 5.41) is 3.26. The second kappa shape index (κ2) is 12.5. The summed E-state index contributed by atoms with van der Waals surface area (Å²) in [6.07, 6.45) is 4.42. The van der Waals surface area contributed by atoms with Gasteiger partial charge in [-0.15, -0.1) is 0 Å². The Hall–Kier alpha value is -0.900. The van der Waals surface area contributed by atoms with Crippen molar-refractivity contribution in [3.8, 4) is 0 Å². The van der Waals surface area contributed by atoms with Crippen LogP contribution in [0.25, 0.3) is 0 Å². The van der Waals surface area contributed by atoms with Gasteiger partial charge in [-0.3, -0.25) is 4.99 Å². The maximum Gasteiger partial charge on any atom is 0.193 e. The van der Waals surface area contributed by atoms with Crippen molar-refractivity contribution < 1.29 is 22.6 Å². The molecule has 0 radical (unpaired) electrons. The van der Waals surface area contributed by atoms with Gasteiger partial charge in [-0.2, -0.15) is 0 Å². The lowest BCUT2D eigenvalue weighted by atomic mass is 10.1. The average Bonchev–Trinajstić information content (AvgIpc) is 2.58. The SMILES string of the molecule is CN=C(NCCOCCS(C)(=O)=O)N1CCC(OCCCOC)CC1. The van der Waals surface area contributed by atoms with Crippen molar-refractivity contribution >= 4 is 15.8 Å². The number of hydrogen-bond donors (Lipinski definition) is 1. The highest BCUT2D eigenvalue weighted by atomic mass is 32.2. The summed E-state index contributed by atoms with van der Waals surface area (Å²) in [6, 6.07) is 0. The molecule has 148 valence electrons. The molecule has 0 amide bonds. The number of likely N-dealkylation sites (tertiary alicyclic amines) is 1. The quantitative estimate of drug-likeness (QED) is 0.310. The fourth-order valence-corrected chi connectivity index (χ4v) is 2.99. The van der Waals surface area contributed by atoms with E-state index in [1.165, 1.54) is 6.26 Å². The minimum absolute atomic E-state index is 0.0552. The molecular weight excluding hydrogens is 346 g/mol. The Morgan fingerprint density at radius 2 is 1.92 bits per heavy atom. The van der Waals surface area contributed by atoms with Gasteiger partial charge in [0.25, 0.3) is 0 Å². The largest absolute Gasteiger partial charge is 0.385 e. The molecule has 0 aliphatic carbocycles. The Balaban J connectivity index is 2.15. The van der Waals surface area contributed by atoms with Crippen LogP contribution >= 0.6 is 0 Å². The van der Waals surface area contributed by atoms with Crippen LogP contribution in [0.3, 0.4) is 0 Å². The lowest BCUT2D eigenvalue weighted by Gasteiger charge is -2.34. The van der Waals surface area contributed by atoms with Crippen molar-refractivity contribution in [2.75, 3.05) is 72.2 Å². The number of sulfone groups is 1. The predicted molar refractivity (Wildman–Crippen MR) is 98.9 cm³/mol. The van der Waals surface area contributed by atoms with Gasteiger partial charge in [0.05, 0.1) is 25.1 Å². The number of aliphatic imine (C=N–C) groups is 1. The Kier molecular flexibility index (Phi) is 11.0. The smallest absolute Gasteiger partial charge is 0.193 e. The van der Waals surface area contributed by atoms with Gasteiger partial charge >= 0.3 is 0 Å². The minimum Gasteiger partial charge on any atom is -0.385 e. The molecule has 0 aromatic carbocycles. The van der Waals surface area contributed by atoms with E-state index in [0.717, 1.165) is 51.5 Å². The van der Waals surface area contributed by atoms with Gasteiger partial charge in [-0.1, -0.05) is 0 Å². The van der Waals surface area contributed by atoms with Crippen LogP contribution in [0, 0.1) is 0 Å². The number of hydrogen-bond acceptors (Lipinski definition) is 6. The number of methoxy groups -OCH3 is 1. The number of piperidine rings is 1. The third kappa shape index (κ3) is 10.6. The first kappa shape index (κ1) is 22.1. The van der Waals surface area contributed by atoms with Gasteiger partial charge < -0.3 is 24.4 Å². The van der Waals surface area contributed by atoms with E-state index >= 15 is 0 Å². The molecule has 1 saturated heterocycles. The first-order valence-corrected chi connectivity index (χ1v) is 10.8. The standard InChI is InChI=1S/C16H33N3O5S/c1-17-16(18-7-12-23-13-14-25(3,20)21)19-8-5-15(6-9-19)24-11-4-10-22-2/h15H,4-14H2,1-3H3,(H,17,18). The Morgan fingerprint density at radius 3 is 2.52 bits per heavy atom. The molecule has 1 heterocycles. The van der Waals surface area contributed by atoms with Crippen LogP contribution in [0.15, 0.2) is 4.99 Å². The van der Waals surface area contributed by atoms with Gasteiger partial charge in [0.15, 0.2) is 5.96 Å². The Morgan fingerprint density at radius 1 is 1.20 bits per heavy atom. The molecule has 0 atom stereocenters. The number of guanidine groups is 1. The summed E-state index contributed by atoms with van der Waals surface area (Å²) in [5.41, 5.74) is 0. The molecule has 8 nitrogen and oxygen atoms in total. The van der Waals surface area contributed by atoms with E-state index in [2.05, 4.69) is 15.2 Å². The van der Waals surface area contributed by atoms with E-state index in [1.807, 2.05) is 0 Å². The lowest BCUT2D eigenvalue weighted by Crippen LogP contribution is -2.47. The zero-order valence-corrected chi connectivity index (χ0v) is 16.5. The molecule has 25 heavy (non-hydrogen) atoms. The van der Waals surface area contributed by atoms with Crippen LogP contribution in [0.1, 0.15) is 19.3 Å². The van der Waals surface area contributed by atoms with Gasteiger partial charge in [-0.25, -0.2) is 8.42 Å². The average molecular weight is 380 g/mol. The second-order valence-electron chi connectivity index (χ2n) is 6.12. The molecule has 0 bridgehead atoms. The number of ether oxygens (including phenoxy) is 3. The molecule has 1 N–H and O–H groups in total. The topological polar surface area (TPSA) is 89.5 Å². The van der Waals surface area contributed by atoms with Gasteiger partial charge in [0.1, 0.15) is 9.84 Å². The molecule has 1 rings (SSSR count). The van der Waals surface area contributed by atoms with E-state index in [4.69, 9.17) is 14.2 Å². The summed E-state index contributed by atoms with van der Waals surface area (Å²) in [5.74, 6) is 0.907. The van der Waals surface area contributed by atoms with Gasteiger partial charge in [0, 0.05) is 53.3 Å². The number of rotatable bonds is 11. The molecule has 1 aliphatic rings. The molecule has 1 fully saturated rings. The highest BCUT2D eigenvalue weighted by Gasteiger charge is 2.21. The van der Waals surface area contributed by atoms with E-state index in [-0.39, 0.29) is 12.4 Å². The fraction of sp³-hybridized carbons (Fsp3) is 0.938. The molecular formula is C16H33N3O5S. The van der Waals surface area contributed by atoms with E-state index in [1.54, 1.807) is 14.2 Å². The van der Waals surface area contributed by atoms with Gasteiger partial charge in [-0.05, 0) is 19.3 Å². The molecule has 1 aliphatic heterocycles. The molecule has 0 aromatic heterocycles. The van der Waals surface area contributed by atoms with E-state index < -0.39 is 9.84 Å². The molecule has 0 saturated carbocycles. The van der Waals surface area contributed by atoms with Crippen LogP contribution < -0.4 is 5.32 Å². The highest BCUT2D eigenvalue weighted by Crippen LogP contribution is 2.14. The normalized spacial score (nSPS) is 17.1. The minimum atomic E-state index is -2.96. The third-order valence-corrected chi connectivity index (χ3v) is 4.84. The van der Waals surface area contributed by atoms with Crippen molar-refractivity contribution in [3.05, 3.63) is 0 Å². The van der Waals surface area contributed by atoms with E-state index in [0.29, 0.717) is 19.3 Å². The van der Waals surface area contributed by atoms with Crippen molar-refractivity contribution in [1.29, 1.82) is 0 Å². The number of nitrogens with zero attached hydrogens (tertiary/aromatic N) is 2. The van der Waals surface area contributed by atoms with E-state index in [9.17, 15) is 8.42 Å². The van der Waals surface area contributed by atoms with Crippen molar-refractivity contribution in [1.82, 2.24) is 10.2 Å². The molecule has 0 spiro atoms. The fourth-order valence-electron chi connectivity index (χ4n) is 2.57. The van der Waals surface area contributed by atoms with Crippen molar-refractivity contribution in [2.24, 2.45) is 4.99 Å². The summed E-state index contributed by atoms with van der Waals surface area (Å²) in [6.45, 7) is 4.58. The second-order valence-corrected chi connectivity index (χ2v) is 8.38. The highest BCUT2D eigenvalue weighted by molar-refractivity contribution is 7.90. The van der Waals surface area contributed by atoms with Crippen molar-refractivity contribution in [2.45, 2.75) is 25.4 Å². The monoisotopic (exact) mass is 379 g/mol. The number of nitrogens with one attached hydrogen (secondary N) is 1. The molecule has 9 heteroatoms. The Labute approximate surface area is 151 Å². The first-order chi connectivity index (χ1) is 12.0. The maximum atomic E-state index is 11.0. The van der Waals surface area contributed by atoms with Gasteiger partial charge in [0.2, 0.25) is 0 Å². The molecule has 0 aromatic rings. The lowest BCUT2D eigenvalue weighted by molar-refractivity contribution is 0.00985. The molecule has 0 unspecified atom stereocenters. The van der Waals surface area contributed by atoms with Crippen LogP contribution in [0.2, 0.25) is 0 Å². The summed E-state index contributed by atoms with van der Waals surface area (Å²) >= 11 is 0. The zero-order valence-electron chi connectivity index (χ0n) is 15.7. The summed E-state index contributed by atoms with van der Waals surface area (Å²) in [4.78, 5) is 6.52. The summed E-state index contributed by atoms with van der Waals surface area (Å²) in [7, 11) is 0.505. The summed E-state index contributed by atoms with van der Waals surface area (Å²) < 4.78 is 38.2.